The van der Waals surface area contributed by atoms with Gasteiger partial charge in [0.2, 0.25) is 11.9 Å². The lowest BCUT2D eigenvalue weighted by atomic mass is 9.93. The van der Waals surface area contributed by atoms with Gasteiger partial charge in [0.1, 0.15) is 0 Å². The summed E-state index contributed by atoms with van der Waals surface area (Å²) >= 11 is 0. The van der Waals surface area contributed by atoms with Gasteiger partial charge in [-0.15, -0.1) is 0 Å². The zero-order valence-electron chi connectivity index (χ0n) is 12.3. The Balaban J connectivity index is 2.13. The smallest absolute Gasteiger partial charge is 0.323 e. The Morgan fingerprint density at radius 2 is 1.85 bits per heavy atom. The number of ether oxygens (including phenoxy) is 1. The van der Waals surface area contributed by atoms with E-state index in [1.165, 1.54) is 0 Å². The predicted molar refractivity (Wildman–Crippen MR) is 77.0 cm³/mol. The van der Waals surface area contributed by atoms with Crippen LogP contribution < -0.4 is 15.4 Å². The molecule has 112 valence electrons. The molecule has 2 rings (SSSR count). The molecule has 0 aliphatic heterocycles. The van der Waals surface area contributed by atoms with Crippen molar-refractivity contribution in [2.45, 2.75) is 57.8 Å². The van der Waals surface area contributed by atoms with Gasteiger partial charge in [0.25, 0.3) is 0 Å². The second-order valence-corrected chi connectivity index (χ2v) is 5.28. The van der Waals surface area contributed by atoms with Crippen LogP contribution in [-0.2, 0) is 0 Å². The molecule has 0 aromatic carbocycles. The summed E-state index contributed by atoms with van der Waals surface area (Å²) in [6.07, 6.45) is 3.55. The van der Waals surface area contributed by atoms with Crippen molar-refractivity contribution < 1.29 is 9.84 Å². The summed E-state index contributed by atoms with van der Waals surface area (Å²) in [5.41, 5.74) is 0. The molecule has 1 aliphatic rings. The van der Waals surface area contributed by atoms with Crippen LogP contribution in [0.1, 0.15) is 39.5 Å². The minimum absolute atomic E-state index is 0.00442. The maximum Gasteiger partial charge on any atom is 0.323 e. The van der Waals surface area contributed by atoms with E-state index in [4.69, 9.17) is 4.74 Å². The Hall–Kier alpha value is -1.63. The van der Waals surface area contributed by atoms with Gasteiger partial charge in [-0.2, -0.15) is 15.0 Å². The molecule has 20 heavy (non-hydrogen) atoms. The molecule has 7 nitrogen and oxygen atoms in total. The average Bonchev–Trinajstić information content (AvgIpc) is 2.40. The zero-order valence-corrected chi connectivity index (χ0v) is 12.3. The molecule has 0 saturated heterocycles. The van der Waals surface area contributed by atoms with Gasteiger partial charge in [0.05, 0.1) is 18.2 Å². The van der Waals surface area contributed by atoms with Crippen molar-refractivity contribution in [3.05, 3.63) is 0 Å². The first-order valence-corrected chi connectivity index (χ1v) is 7.13. The number of anilines is 2. The summed E-state index contributed by atoms with van der Waals surface area (Å²) in [5, 5.41) is 16.1. The lowest BCUT2D eigenvalue weighted by Gasteiger charge is -2.28. The van der Waals surface area contributed by atoms with E-state index >= 15 is 0 Å². The fourth-order valence-electron chi connectivity index (χ4n) is 2.24. The molecular weight excluding hydrogens is 258 g/mol. The largest absolute Gasteiger partial charge is 0.461 e. The molecular formula is C13H23N5O2. The molecule has 3 N–H and O–H groups in total. The monoisotopic (exact) mass is 281 g/mol. The molecule has 2 unspecified atom stereocenters. The first-order valence-electron chi connectivity index (χ1n) is 7.13. The normalized spacial score (nSPS) is 22.6. The fourth-order valence-corrected chi connectivity index (χ4v) is 2.24. The standard InChI is InChI=1S/C13H23N5O2/c1-8(2)20-13-17-11(14-3)16-12(18-13)15-9-6-4-5-7-10(9)19/h8-10,19H,4-7H2,1-3H3,(H2,14,15,16,17,18). The molecule has 0 radical (unpaired) electrons. The van der Waals surface area contributed by atoms with E-state index in [9.17, 15) is 5.11 Å². The Morgan fingerprint density at radius 3 is 2.50 bits per heavy atom. The third-order valence-electron chi connectivity index (χ3n) is 3.22. The summed E-state index contributed by atoms with van der Waals surface area (Å²) in [4.78, 5) is 12.6. The van der Waals surface area contributed by atoms with Crippen molar-refractivity contribution in [3.8, 4) is 6.01 Å². The van der Waals surface area contributed by atoms with Crippen LogP contribution in [0, 0.1) is 0 Å². The number of hydrogen-bond donors (Lipinski definition) is 3. The molecule has 1 aliphatic carbocycles. The zero-order chi connectivity index (χ0) is 14.5. The van der Waals surface area contributed by atoms with Gasteiger partial charge < -0.3 is 20.5 Å². The summed E-state index contributed by atoms with van der Waals surface area (Å²) < 4.78 is 5.51. The van der Waals surface area contributed by atoms with Gasteiger partial charge in [0.15, 0.2) is 0 Å². The first-order chi connectivity index (χ1) is 9.58. The Bertz CT molecular complexity index is 441. The van der Waals surface area contributed by atoms with Gasteiger partial charge in [-0.05, 0) is 26.7 Å². The highest BCUT2D eigenvalue weighted by atomic mass is 16.5. The van der Waals surface area contributed by atoms with E-state index in [1.54, 1.807) is 7.05 Å². The second kappa shape index (κ2) is 6.69. The molecule has 1 aromatic rings. The third-order valence-corrected chi connectivity index (χ3v) is 3.22. The molecule has 1 fully saturated rings. The average molecular weight is 281 g/mol. The van der Waals surface area contributed by atoms with Crippen molar-refractivity contribution >= 4 is 11.9 Å². The van der Waals surface area contributed by atoms with E-state index < -0.39 is 0 Å². The van der Waals surface area contributed by atoms with Crippen LogP contribution in [0.2, 0.25) is 0 Å². The molecule has 0 amide bonds. The van der Waals surface area contributed by atoms with E-state index in [1.807, 2.05) is 13.8 Å². The number of aliphatic hydroxyl groups is 1. The lowest BCUT2D eigenvalue weighted by molar-refractivity contribution is 0.116. The van der Waals surface area contributed by atoms with Crippen LogP contribution in [0.15, 0.2) is 0 Å². The van der Waals surface area contributed by atoms with Crippen LogP contribution in [0.25, 0.3) is 0 Å². The number of hydrogen-bond acceptors (Lipinski definition) is 7. The van der Waals surface area contributed by atoms with E-state index in [0.717, 1.165) is 25.7 Å². The lowest BCUT2D eigenvalue weighted by Crippen LogP contribution is -2.37. The predicted octanol–water partition coefficient (Wildman–Crippen LogP) is 1.42. The molecule has 7 heteroatoms. The SMILES string of the molecule is CNc1nc(NC2CCCCC2O)nc(OC(C)C)n1. The summed E-state index contributed by atoms with van der Waals surface area (Å²) in [7, 11) is 1.74. The van der Waals surface area contributed by atoms with Gasteiger partial charge in [0, 0.05) is 7.05 Å². The van der Waals surface area contributed by atoms with Gasteiger partial charge >= 0.3 is 6.01 Å². The maximum absolute atomic E-state index is 9.99. The number of nitrogens with zero attached hydrogens (tertiary/aromatic N) is 3. The minimum Gasteiger partial charge on any atom is -0.461 e. The van der Waals surface area contributed by atoms with Crippen LogP contribution in [0.4, 0.5) is 11.9 Å². The fraction of sp³-hybridized carbons (Fsp3) is 0.769. The van der Waals surface area contributed by atoms with E-state index in [0.29, 0.717) is 11.9 Å². The maximum atomic E-state index is 9.99. The highest BCUT2D eigenvalue weighted by molar-refractivity contribution is 5.36. The van der Waals surface area contributed by atoms with Crippen molar-refractivity contribution in [1.82, 2.24) is 15.0 Å². The number of aliphatic hydroxyl groups excluding tert-OH is 1. The molecule has 1 aromatic heterocycles. The highest BCUT2D eigenvalue weighted by Gasteiger charge is 2.24. The van der Waals surface area contributed by atoms with Crippen molar-refractivity contribution in [2.24, 2.45) is 0 Å². The Labute approximate surface area is 119 Å². The molecule has 1 heterocycles. The molecule has 2 atom stereocenters. The van der Waals surface area contributed by atoms with Crippen LogP contribution in [0.5, 0.6) is 6.01 Å². The van der Waals surface area contributed by atoms with Crippen molar-refractivity contribution in [2.75, 3.05) is 17.7 Å². The molecule has 0 spiro atoms. The van der Waals surface area contributed by atoms with E-state index in [2.05, 4.69) is 25.6 Å². The van der Waals surface area contributed by atoms with Crippen molar-refractivity contribution in [3.63, 3.8) is 0 Å². The van der Waals surface area contributed by atoms with Gasteiger partial charge in [-0.1, -0.05) is 12.8 Å². The van der Waals surface area contributed by atoms with Gasteiger partial charge in [-0.3, -0.25) is 0 Å². The minimum atomic E-state index is -0.354. The quantitative estimate of drug-likeness (QED) is 0.751. The van der Waals surface area contributed by atoms with Crippen LogP contribution in [0.3, 0.4) is 0 Å². The Morgan fingerprint density at radius 1 is 1.15 bits per heavy atom. The summed E-state index contributed by atoms with van der Waals surface area (Å²) in [6.45, 7) is 3.83. The highest BCUT2D eigenvalue weighted by Crippen LogP contribution is 2.22. The van der Waals surface area contributed by atoms with Crippen LogP contribution in [-0.4, -0.2) is 45.4 Å². The topological polar surface area (TPSA) is 92.2 Å². The first kappa shape index (κ1) is 14.8. The number of nitrogens with one attached hydrogen (secondary N) is 2. The number of rotatable bonds is 5. The third kappa shape index (κ3) is 3.93. The van der Waals surface area contributed by atoms with Gasteiger partial charge in [-0.25, -0.2) is 0 Å². The van der Waals surface area contributed by atoms with Crippen LogP contribution >= 0.6 is 0 Å². The number of aromatic nitrogens is 3. The second-order valence-electron chi connectivity index (χ2n) is 5.28. The molecule has 0 bridgehead atoms. The summed E-state index contributed by atoms with van der Waals surface area (Å²) in [5.74, 6) is 0.884. The van der Waals surface area contributed by atoms with Crippen molar-refractivity contribution in [1.29, 1.82) is 0 Å². The molecule has 1 saturated carbocycles. The van der Waals surface area contributed by atoms with E-state index in [-0.39, 0.29) is 24.3 Å². The summed E-state index contributed by atoms with van der Waals surface area (Å²) in [6, 6.07) is 0.273. The Kier molecular flexibility index (Phi) is 4.94.